The van der Waals surface area contributed by atoms with Gasteiger partial charge in [-0.05, 0) is 12.8 Å². The Morgan fingerprint density at radius 1 is 1.43 bits per heavy atom. The zero-order valence-corrected chi connectivity index (χ0v) is 9.51. The molecule has 0 aromatic carbocycles. The Kier molecular flexibility index (Phi) is 8.33. The van der Waals surface area contributed by atoms with Gasteiger partial charge in [-0.3, -0.25) is 0 Å². The number of methoxy groups -OCH3 is 1. The quantitative estimate of drug-likeness (QED) is 0.635. The van der Waals surface area contributed by atoms with Gasteiger partial charge >= 0.3 is 6.03 Å². The van der Waals surface area contributed by atoms with Gasteiger partial charge in [0.1, 0.15) is 0 Å². The Balaban J connectivity index is 3.44. The maximum absolute atomic E-state index is 11.4. The first-order valence-electron chi connectivity index (χ1n) is 5.20. The van der Waals surface area contributed by atoms with Gasteiger partial charge in [0.2, 0.25) is 0 Å². The molecular weight excluding hydrogens is 180 g/mol. The van der Waals surface area contributed by atoms with E-state index in [1.807, 2.05) is 0 Å². The van der Waals surface area contributed by atoms with Crippen LogP contribution < -0.4 is 5.32 Å². The molecule has 0 rings (SSSR count). The lowest BCUT2D eigenvalue weighted by Gasteiger charge is -2.17. The zero-order chi connectivity index (χ0) is 10.8. The van der Waals surface area contributed by atoms with Crippen LogP contribution in [0.5, 0.6) is 0 Å². The van der Waals surface area contributed by atoms with Crippen molar-refractivity contribution < 1.29 is 9.53 Å². The minimum absolute atomic E-state index is 0.00885. The molecule has 0 radical (unpaired) electrons. The Morgan fingerprint density at radius 3 is 2.71 bits per heavy atom. The van der Waals surface area contributed by atoms with Crippen LogP contribution in [0.2, 0.25) is 0 Å². The van der Waals surface area contributed by atoms with Crippen molar-refractivity contribution in [2.24, 2.45) is 0 Å². The highest BCUT2D eigenvalue weighted by atomic mass is 16.5. The lowest BCUT2D eigenvalue weighted by atomic mass is 10.3. The fourth-order valence-corrected chi connectivity index (χ4v) is 1.05. The Bertz CT molecular complexity index is 151. The number of nitrogens with one attached hydrogen (secondary N) is 1. The van der Waals surface area contributed by atoms with E-state index < -0.39 is 0 Å². The molecule has 0 aromatic heterocycles. The molecule has 0 saturated carbocycles. The summed E-state index contributed by atoms with van der Waals surface area (Å²) in [5, 5.41) is 2.86. The second kappa shape index (κ2) is 8.81. The van der Waals surface area contributed by atoms with E-state index in [2.05, 4.69) is 12.2 Å². The monoisotopic (exact) mass is 202 g/mol. The third-order valence-electron chi connectivity index (χ3n) is 2.00. The Morgan fingerprint density at radius 2 is 2.14 bits per heavy atom. The van der Waals surface area contributed by atoms with Crippen LogP contribution in [0.15, 0.2) is 0 Å². The van der Waals surface area contributed by atoms with Crippen molar-refractivity contribution in [2.45, 2.75) is 26.2 Å². The molecule has 0 bridgehead atoms. The molecule has 84 valence electrons. The standard InChI is InChI=1S/C10H22N2O2/c1-4-5-7-11-10(13)12(2)8-6-9-14-3/h4-9H2,1-3H3,(H,11,13). The highest BCUT2D eigenvalue weighted by Crippen LogP contribution is 1.90. The summed E-state index contributed by atoms with van der Waals surface area (Å²) in [4.78, 5) is 13.1. The molecule has 0 unspecified atom stereocenters. The number of urea groups is 1. The van der Waals surface area contributed by atoms with Crippen LogP contribution in [-0.2, 0) is 4.74 Å². The number of carbonyl (C=O) groups is 1. The van der Waals surface area contributed by atoms with Crippen molar-refractivity contribution in [3.8, 4) is 0 Å². The van der Waals surface area contributed by atoms with E-state index in [0.29, 0.717) is 6.61 Å². The predicted molar refractivity (Wildman–Crippen MR) is 57.4 cm³/mol. The molecule has 0 aliphatic heterocycles. The smallest absolute Gasteiger partial charge is 0.317 e. The Hall–Kier alpha value is -0.770. The summed E-state index contributed by atoms with van der Waals surface area (Å²) in [6, 6.07) is 0.00885. The molecule has 1 N–H and O–H groups in total. The van der Waals surface area contributed by atoms with Crippen LogP contribution in [-0.4, -0.2) is 44.8 Å². The molecule has 4 heteroatoms. The van der Waals surface area contributed by atoms with E-state index in [4.69, 9.17) is 4.74 Å². The molecule has 0 atom stereocenters. The summed E-state index contributed by atoms with van der Waals surface area (Å²) >= 11 is 0. The number of carbonyl (C=O) groups excluding carboxylic acids is 1. The minimum Gasteiger partial charge on any atom is -0.385 e. The van der Waals surface area contributed by atoms with Crippen LogP contribution in [0, 0.1) is 0 Å². The van der Waals surface area contributed by atoms with E-state index in [9.17, 15) is 4.79 Å². The minimum atomic E-state index is 0.00885. The number of amides is 2. The fraction of sp³-hybridized carbons (Fsp3) is 0.900. The first kappa shape index (κ1) is 13.2. The molecule has 0 spiro atoms. The molecule has 0 aromatic rings. The van der Waals surface area contributed by atoms with Crippen molar-refractivity contribution in [1.29, 1.82) is 0 Å². The summed E-state index contributed by atoms with van der Waals surface area (Å²) in [5.74, 6) is 0. The number of rotatable bonds is 7. The van der Waals surface area contributed by atoms with Gasteiger partial charge in [0.15, 0.2) is 0 Å². The first-order valence-corrected chi connectivity index (χ1v) is 5.20. The van der Waals surface area contributed by atoms with Crippen molar-refractivity contribution in [1.82, 2.24) is 10.2 Å². The van der Waals surface area contributed by atoms with Crippen LogP contribution in [0.3, 0.4) is 0 Å². The molecular formula is C10H22N2O2. The molecule has 0 heterocycles. The van der Waals surface area contributed by atoms with Crippen LogP contribution in [0.25, 0.3) is 0 Å². The molecule has 0 aliphatic rings. The lowest BCUT2D eigenvalue weighted by molar-refractivity contribution is 0.175. The van der Waals surface area contributed by atoms with Crippen LogP contribution in [0.4, 0.5) is 4.79 Å². The van der Waals surface area contributed by atoms with E-state index in [1.54, 1.807) is 19.1 Å². The normalized spacial score (nSPS) is 9.93. The molecule has 0 fully saturated rings. The van der Waals surface area contributed by atoms with Crippen molar-refractivity contribution in [3.63, 3.8) is 0 Å². The molecule has 0 saturated heterocycles. The van der Waals surface area contributed by atoms with E-state index >= 15 is 0 Å². The zero-order valence-electron chi connectivity index (χ0n) is 9.51. The highest BCUT2D eigenvalue weighted by Gasteiger charge is 2.05. The van der Waals surface area contributed by atoms with Gasteiger partial charge in [-0.2, -0.15) is 0 Å². The van der Waals surface area contributed by atoms with Crippen LogP contribution >= 0.6 is 0 Å². The summed E-state index contributed by atoms with van der Waals surface area (Å²) in [6.45, 7) is 4.32. The maximum atomic E-state index is 11.4. The number of hydrogen-bond donors (Lipinski definition) is 1. The number of ether oxygens (including phenoxy) is 1. The third kappa shape index (κ3) is 6.71. The van der Waals surface area contributed by atoms with Gasteiger partial charge in [0.25, 0.3) is 0 Å². The van der Waals surface area contributed by atoms with Crippen molar-refractivity contribution >= 4 is 6.03 Å². The number of nitrogens with zero attached hydrogens (tertiary/aromatic N) is 1. The van der Waals surface area contributed by atoms with Gasteiger partial charge < -0.3 is 15.0 Å². The number of hydrogen-bond acceptors (Lipinski definition) is 2. The van der Waals surface area contributed by atoms with Crippen molar-refractivity contribution in [2.75, 3.05) is 33.9 Å². The average molecular weight is 202 g/mol. The third-order valence-corrected chi connectivity index (χ3v) is 2.00. The van der Waals surface area contributed by atoms with Gasteiger partial charge in [0.05, 0.1) is 0 Å². The second-order valence-corrected chi connectivity index (χ2v) is 3.35. The Labute approximate surface area is 86.6 Å². The molecule has 4 nitrogen and oxygen atoms in total. The second-order valence-electron chi connectivity index (χ2n) is 3.35. The summed E-state index contributed by atoms with van der Waals surface area (Å²) in [5.41, 5.74) is 0. The SMILES string of the molecule is CCCCNC(=O)N(C)CCCOC. The van der Waals surface area contributed by atoms with Crippen LogP contribution in [0.1, 0.15) is 26.2 Å². The summed E-state index contributed by atoms with van der Waals surface area (Å²) < 4.78 is 4.91. The predicted octanol–water partition coefficient (Wildman–Crippen LogP) is 1.46. The summed E-state index contributed by atoms with van der Waals surface area (Å²) in [7, 11) is 3.47. The molecule has 14 heavy (non-hydrogen) atoms. The number of unbranched alkanes of at least 4 members (excludes halogenated alkanes) is 1. The molecule has 2 amide bonds. The van der Waals surface area contributed by atoms with E-state index in [-0.39, 0.29) is 6.03 Å². The topological polar surface area (TPSA) is 41.6 Å². The first-order chi connectivity index (χ1) is 6.72. The van der Waals surface area contributed by atoms with E-state index in [1.165, 1.54) is 0 Å². The average Bonchev–Trinajstić information content (AvgIpc) is 2.18. The van der Waals surface area contributed by atoms with E-state index in [0.717, 1.165) is 32.4 Å². The lowest BCUT2D eigenvalue weighted by Crippen LogP contribution is -2.38. The summed E-state index contributed by atoms with van der Waals surface area (Å²) in [6.07, 6.45) is 3.03. The van der Waals surface area contributed by atoms with Gasteiger partial charge in [-0.15, -0.1) is 0 Å². The molecule has 0 aliphatic carbocycles. The highest BCUT2D eigenvalue weighted by molar-refractivity contribution is 5.73. The fourth-order valence-electron chi connectivity index (χ4n) is 1.05. The van der Waals surface area contributed by atoms with Gasteiger partial charge in [0, 0.05) is 33.9 Å². The maximum Gasteiger partial charge on any atom is 0.317 e. The largest absolute Gasteiger partial charge is 0.385 e. The van der Waals surface area contributed by atoms with Crippen molar-refractivity contribution in [3.05, 3.63) is 0 Å². The van der Waals surface area contributed by atoms with Gasteiger partial charge in [-0.25, -0.2) is 4.79 Å². The van der Waals surface area contributed by atoms with Gasteiger partial charge in [-0.1, -0.05) is 13.3 Å².